The Kier molecular flexibility index (Phi) is 2.89. The fourth-order valence-corrected chi connectivity index (χ4v) is 3.20. The molecular weight excluding hydrogens is 162 g/mol. The molecule has 1 saturated carbocycles. The Balaban J connectivity index is 1.93. The van der Waals surface area contributed by atoms with E-state index in [1.165, 1.54) is 45.1 Å². The molecule has 2 heteroatoms. The maximum absolute atomic E-state index is 8.83. The van der Waals surface area contributed by atoms with Crippen molar-refractivity contribution >= 4 is 0 Å². The van der Waals surface area contributed by atoms with E-state index in [0.717, 1.165) is 13.0 Å². The summed E-state index contributed by atoms with van der Waals surface area (Å²) in [5, 5.41) is 8.83. The van der Waals surface area contributed by atoms with Crippen LogP contribution in [0.2, 0.25) is 0 Å². The molecule has 1 heterocycles. The second kappa shape index (κ2) is 3.97. The van der Waals surface area contributed by atoms with Crippen molar-refractivity contribution in [1.29, 1.82) is 0 Å². The minimum atomic E-state index is 0.354. The second-order valence-corrected chi connectivity index (χ2v) is 4.60. The topological polar surface area (TPSA) is 23.5 Å². The first-order valence-corrected chi connectivity index (χ1v) is 5.73. The summed E-state index contributed by atoms with van der Waals surface area (Å²) in [7, 11) is 0. The van der Waals surface area contributed by atoms with Crippen LogP contribution in [0.5, 0.6) is 0 Å². The number of hydrogen-bond donors (Lipinski definition) is 1. The van der Waals surface area contributed by atoms with Gasteiger partial charge in [-0.2, -0.15) is 0 Å². The monoisotopic (exact) mass is 183 g/mol. The molecule has 0 aromatic heterocycles. The van der Waals surface area contributed by atoms with Crippen LogP contribution in [0.3, 0.4) is 0 Å². The molecule has 1 saturated heterocycles. The molecule has 0 aromatic carbocycles. The van der Waals surface area contributed by atoms with Crippen LogP contribution in [0.25, 0.3) is 0 Å². The van der Waals surface area contributed by atoms with Crippen LogP contribution in [-0.4, -0.2) is 35.2 Å². The van der Waals surface area contributed by atoms with Gasteiger partial charge in [-0.1, -0.05) is 12.8 Å². The predicted octanol–water partition coefficient (Wildman–Crippen LogP) is 1.78. The van der Waals surface area contributed by atoms with Gasteiger partial charge < -0.3 is 5.11 Å². The van der Waals surface area contributed by atoms with E-state index in [1.807, 2.05) is 0 Å². The van der Waals surface area contributed by atoms with Crippen molar-refractivity contribution in [3.8, 4) is 0 Å². The molecule has 1 aliphatic carbocycles. The summed E-state index contributed by atoms with van der Waals surface area (Å²) in [4.78, 5) is 2.65. The van der Waals surface area contributed by atoms with Gasteiger partial charge in [-0.15, -0.1) is 0 Å². The summed E-state index contributed by atoms with van der Waals surface area (Å²) in [5.74, 6) is 0. The van der Waals surface area contributed by atoms with E-state index >= 15 is 0 Å². The third-order valence-electron chi connectivity index (χ3n) is 3.86. The van der Waals surface area contributed by atoms with Crippen molar-refractivity contribution in [2.45, 2.75) is 50.5 Å². The van der Waals surface area contributed by atoms with E-state index in [9.17, 15) is 0 Å². The van der Waals surface area contributed by atoms with Gasteiger partial charge >= 0.3 is 0 Å². The normalized spacial score (nSPS) is 27.5. The number of rotatable bonds is 3. The largest absolute Gasteiger partial charge is 0.396 e. The molecule has 0 aromatic rings. The van der Waals surface area contributed by atoms with Crippen LogP contribution in [0.15, 0.2) is 0 Å². The average Bonchev–Trinajstić information content (AvgIpc) is 2.75. The summed E-state index contributed by atoms with van der Waals surface area (Å²) >= 11 is 0. The van der Waals surface area contributed by atoms with Gasteiger partial charge in [0.1, 0.15) is 0 Å². The Hall–Kier alpha value is -0.0800. The van der Waals surface area contributed by atoms with Crippen LogP contribution in [-0.2, 0) is 0 Å². The molecule has 13 heavy (non-hydrogen) atoms. The lowest BCUT2D eigenvalue weighted by atomic mass is 9.94. The van der Waals surface area contributed by atoms with E-state index in [2.05, 4.69) is 4.90 Å². The molecule has 2 aliphatic rings. The molecule has 0 radical (unpaired) electrons. The number of aliphatic hydroxyl groups excluding tert-OH is 1. The molecular formula is C11H21NO. The Bertz CT molecular complexity index is 158. The van der Waals surface area contributed by atoms with Gasteiger partial charge in [0.05, 0.1) is 0 Å². The van der Waals surface area contributed by atoms with E-state index in [0.29, 0.717) is 12.1 Å². The van der Waals surface area contributed by atoms with Gasteiger partial charge in [-0.3, -0.25) is 4.90 Å². The second-order valence-electron chi connectivity index (χ2n) is 4.60. The van der Waals surface area contributed by atoms with Crippen molar-refractivity contribution in [2.75, 3.05) is 19.7 Å². The van der Waals surface area contributed by atoms with Crippen molar-refractivity contribution in [2.24, 2.45) is 0 Å². The molecule has 0 atom stereocenters. The maximum Gasteiger partial charge on any atom is 0.0443 e. The van der Waals surface area contributed by atoms with E-state index in [1.54, 1.807) is 0 Å². The molecule has 1 N–H and O–H groups in total. The average molecular weight is 183 g/mol. The Labute approximate surface area is 80.9 Å². The Morgan fingerprint density at radius 1 is 1.08 bits per heavy atom. The van der Waals surface area contributed by atoms with Crippen LogP contribution in [0, 0.1) is 0 Å². The number of likely N-dealkylation sites (tertiary alicyclic amines) is 1. The van der Waals surface area contributed by atoms with Crippen molar-refractivity contribution < 1.29 is 5.11 Å². The zero-order valence-corrected chi connectivity index (χ0v) is 8.47. The lowest BCUT2D eigenvalue weighted by Gasteiger charge is -2.35. The quantitative estimate of drug-likeness (QED) is 0.721. The smallest absolute Gasteiger partial charge is 0.0443 e. The molecule has 2 rings (SSSR count). The Morgan fingerprint density at radius 3 is 2.46 bits per heavy atom. The van der Waals surface area contributed by atoms with Crippen molar-refractivity contribution in [3.05, 3.63) is 0 Å². The maximum atomic E-state index is 8.83. The molecule has 0 amide bonds. The summed E-state index contributed by atoms with van der Waals surface area (Å²) < 4.78 is 0. The number of nitrogens with zero attached hydrogens (tertiary/aromatic N) is 1. The molecule has 2 fully saturated rings. The SMILES string of the molecule is OCCCN1CCCC12CCCC2. The lowest BCUT2D eigenvalue weighted by molar-refractivity contribution is 0.130. The molecule has 76 valence electrons. The first kappa shape index (κ1) is 9.47. The van der Waals surface area contributed by atoms with E-state index < -0.39 is 0 Å². The third-order valence-corrected chi connectivity index (χ3v) is 3.86. The molecule has 1 aliphatic heterocycles. The standard InChI is InChI=1S/C11H21NO/c13-10-4-9-12-8-3-7-11(12)5-1-2-6-11/h13H,1-10H2. The summed E-state index contributed by atoms with van der Waals surface area (Å²) in [5.41, 5.74) is 0.579. The van der Waals surface area contributed by atoms with Crippen LogP contribution in [0.4, 0.5) is 0 Å². The zero-order chi connectivity index (χ0) is 9.15. The molecule has 0 bridgehead atoms. The number of aliphatic hydroxyl groups is 1. The van der Waals surface area contributed by atoms with Crippen molar-refractivity contribution in [3.63, 3.8) is 0 Å². The molecule has 2 nitrogen and oxygen atoms in total. The van der Waals surface area contributed by atoms with Gasteiger partial charge in [0.2, 0.25) is 0 Å². The van der Waals surface area contributed by atoms with Gasteiger partial charge in [-0.25, -0.2) is 0 Å². The number of hydrogen-bond acceptors (Lipinski definition) is 2. The van der Waals surface area contributed by atoms with Gasteiger partial charge in [0.25, 0.3) is 0 Å². The van der Waals surface area contributed by atoms with Gasteiger partial charge in [0, 0.05) is 18.7 Å². The lowest BCUT2D eigenvalue weighted by Crippen LogP contribution is -2.42. The highest BCUT2D eigenvalue weighted by molar-refractivity contribution is 4.98. The van der Waals surface area contributed by atoms with Crippen molar-refractivity contribution in [1.82, 2.24) is 4.90 Å². The fourth-order valence-electron chi connectivity index (χ4n) is 3.20. The van der Waals surface area contributed by atoms with Gasteiger partial charge in [0.15, 0.2) is 0 Å². The zero-order valence-electron chi connectivity index (χ0n) is 8.47. The van der Waals surface area contributed by atoms with Crippen LogP contribution >= 0.6 is 0 Å². The highest BCUT2D eigenvalue weighted by Crippen LogP contribution is 2.42. The summed E-state index contributed by atoms with van der Waals surface area (Å²) in [6.45, 7) is 2.75. The predicted molar refractivity (Wildman–Crippen MR) is 53.7 cm³/mol. The van der Waals surface area contributed by atoms with E-state index in [-0.39, 0.29) is 0 Å². The molecule has 0 unspecified atom stereocenters. The summed E-state index contributed by atoms with van der Waals surface area (Å²) in [6, 6.07) is 0. The van der Waals surface area contributed by atoms with Crippen LogP contribution in [0.1, 0.15) is 44.9 Å². The molecule has 1 spiro atoms. The highest BCUT2D eigenvalue weighted by atomic mass is 16.3. The highest BCUT2D eigenvalue weighted by Gasteiger charge is 2.41. The van der Waals surface area contributed by atoms with Crippen LogP contribution < -0.4 is 0 Å². The van der Waals surface area contributed by atoms with Gasteiger partial charge in [-0.05, 0) is 38.6 Å². The third kappa shape index (κ3) is 1.75. The van der Waals surface area contributed by atoms with E-state index in [4.69, 9.17) is 5.11 Å². The fraction of sp³-hybridized carbons (Fsp3) is 1.00. The first-order chi connectivity index (χ1) is 6.37. The first-order valence-electron chi connectivity index (χ1n) is 5.73. The minimum Gasteiger partial charge on any atom is -0.396 e. The minimum absolute atomic E-state index is 0.354. The Morgan fingerprint density at radius 2 is 1.77 bits per heavy atom. The summed E-state index contributed by atoms with van der Waals surface area (Å²) in [6.07, 6.45) is 9.44.